The minimum absolute atomic E-state index is 0.136. The summed E-state index contributed by atoms with van der Waals surface area (Å²) in [6.07, 6.45) is 9.76. The molecule has 0 heterocycles. The van der Waals surface area contributed by atoms with E-state index >= 15 is 0 Å². The van der Waals surface area contributed by atoms with Gasteiger partial charge in [-0.1, -0.05) is 25.0 Å². The standard InChI is InChI=1S/C13H22O4/c1-16-12(14)10-8-6-4-3-5-7-9-11-13(15)17-2/h6,8H,3-5,7,9-11H2,1-2H3/b8-6+. The van der Waals surface area contributed by atoms with Crippen molar-refractivity contribution in [1.82, 2.24) is 0 Å². The average Bonchev–Trinajstić information content (AvgIpc) is 2.35. The molecular formula is C13H22O4. The Morgan fingerprint density at radius 1 is 0.882 bits per heavy atom. The maximum atomic E-state index is 10.8. The second-order valence-electron chi connectivity index (χ2n) is 3.78. The molecule has 0 N–H and O–H groups in total. The fourth-order valence-electron chi connectivity index (χ4n) is 1.37. The molecule has 0 atom stereocenters. The van der Waals surface area contributed by atoms with Gasteiger partial charge in [0, 0.05) is 6.42 Å². The second-order valence-corrected chi connectivity index (χ2v) is 3.78. The van der Waals surface area contributed by atoms with Gasteiger partial charge in [0.25, 0.3) is 0 Å². The topological polar surface area (TPSA) is 52.6 Å². The van der Waals surface area contributed by atoms with Gasteiger partial charge in [0.2, 0.25) is 0 Å². The summed E-state index contributed by atoms with van der Waals surface area (Å²) in [5, 5.41) is 0. The van der Waals surface area contributed by atoms with Crippen LogP contribution >= 0.6 is 0 Å². The van der Waals surface area contributed by atoms with Gasteiger partial charge < -0.3 is 9.47 Å². The van der Waals surface area contributed by atoms with Crippen molar-refractivity contribution in [3.8, 4) is 0 Å². The molecule has 0 aromatic heterocycles. The van der Waals surface area contributed by atoms with Crippen LogP contribution in [0.15, 0.2) is 12.2 Å². The predicted octanol–water partition coefficient (Wildman–Crippen LogP) is 2.62. The molecule has 0 fully saturated rings. The molecular weight excluding hydrogens is 220 g/mol. The lowest BCUT2D eigenvalue weighted by Crippen LogP contribution is -1.99. The zero-order valence-corrected chi connectivity index (χ0v) is 10.7. The molecule has 0 spiro atoms. The summed E-state index contributed by atoms with van der Waals surface area (Å²) in [6.45, 7) is 0. The smallest absolute Gasteiger partial charge is 0.309 e. The molecule has 98 valence electrons. The van der Waals surface area contributed by atoms with Crippen LogP contribution in [-0.4, -0.2) is 26.2 Å². The third kappa shape index (κ3) is 11.0. The Balaban J connectivity index is 3.23. The molecule has 0 unspecified atom stereocenters. The normalized spacial score (nSPS) is 10.5. The number of ether oxygens (including phenoxy) is 2. The van der Waals surface area contributed by atoms with Gasteiger partial charge in [-0.2, -0.15) is 0 Å². The Morgan fingerprint density at radius 3 is 2.18 bits per heavy atom. The van der Waals surface area contributed by atoms with Gasteiger partial charge >= 0.3 is 11.9 Å². The summed E-state index contributed by atoms with van der Waals surface area (Å²) in [6, 6.07) is 0. The van der Waals surface area contributed by atoms with Gasteiger partial charge in [0.05, 0.1) is 20.6 Å². The highest BCUT2D eigenvalue weighted by atomic mass is 16.5. The summed E-state index contributed by atoms with van der Waals surface area (Å²) in [5.41, 5.74) is 0. The van der Waals surface area contributed by atoms with Crippen molar-refractivity contribution >= 4 is 11.9 Å². The molecule has 0 aromatic rings. The highest BCUT2D eigenvalue weighted by Gasteiger charge is 1.98. The van der Waals surface area contributed by atoms with Gasteiger partial charge in [-0.25, -0.2) is 0 Å². The maximum Gasteiger partial charge on any atom is 0.309 e. The van der Waals surface area contributed by atoms with E-state index in [1.807, 2.05) is 12.2 Å². The van der Waals surface area contributed by atoms with Crippen molar-refractivity contribution in [2.24, 2.45) is 0 Å². The molecule has 0 aliphatic carbocycles. The van der Waals surface area contributed by atoms with Crippen molar-refractivity contribution < 1.29 is 19.1 Å². The minimum atomic E-state index is -0.209. The predicted molar refractivity (Wildman–Crippen MR) is 65.5 cm³/mol. The molecule has 0 amide bonds. The molecule has 4 heteroatoms. The molecule has 4 nitrogen and oxygen atoms in total. The molecule has 0 rings (SSSR count). The van der Waals surface area contributed by atoms with Crippen LogP contribution in [0.1, 0.15) is 44.9 Å². The average molecular weight is 242 g/mol. The summed E-state index contributed by atoms with van der Waals surface area (Å²) in [7, 11) is 2.80. The van der Waals surface area contributed by atoms with Crippen molar-refractivity contribution in [3.05, 3.63) is 12.2 Å². The van der Waals surface area contributed by atoms with Gasteiger partial charge in [0.1, 0.15) is 0 Å². The number of unbranched alkanes of at least 4 members (excludes halogenated alkanes) is 4. The Bertz CT molecular complexity index is 246. The lowest BCUT2D eigenvalue weighted by molar-refractivity contribution is -0.141. The highest BCUT2D eigenvalue weighted by molar-refractivity contribution is 5.70. The van der Waals surface area contributed by atoms with Crippen LogP contribution < -0.4 is 0 Å². The number of methoxy groups -OCH3 is 2. The van der Waals surface area contributed by atoms with Gasteiger partial charge in [-0.15, -0.1) is 0 Å². The summed E-state index contributed by atoms with van der Waals surface area (Å²) >= 11 is 0. The second kappa shape index (κ2) is 11.2. The van der Waals surface area contributed by atoms with E-state index in [-0.39, 0.29) is 11.9 Å². The zero-order chi connectivity index (χ0) is 12.9. The van der Waals surface area contributed by atoms with E-state index < -0.39 is 0 Å². The number of hydrogen-bond acceptors (Lipinski definition) is 4. The van der Waals surface area contributed by atoms with Gasteiger partial charge in [0.15, 0.2) is 0 Å². The highest BCUT2D eigenvalue weighted by Crippen LogP contribution is 2.06. The first kappa shape index (κ1) is 15.7. The Morgan fingerprint density at radius 2 is 1.53 bits per heavy atom. The Hall–Kier alpha value is -1.32. The van der Waals surface area contributed by atoms with Crippen LogP contribution in [0.4, 0.5) is 0 Å². The Labute approximate surface area is 103 Å². The summed E-state index contributed by atoms with van der Waals surface area (Å²) in [5.74, 6) is -0.345. The molecule has 0 bridgehead atoms. The van der Waals surface area contributed by atoms with Crippen LogP contribution in [0.5, 0.6) is 0 Å². The fraction of sp³-hybridized carbons (Fsp3) is 0.692. The van der Waals surface area contributed by atoms with E-state index in [9.17, 15) is 9.59 Å². The van der Waals surface area contributed by atoms with Crippen molar-refractivity contribution in [1.29, 1.82) is 0 Å². The van der Waals surface area contributed by atoms with Crippen LogP contribution in [-0.2, 0) is 19.1 Å². The minimum Gasteiger partial charge on any atom is -0.469 e. The van der Waals surface area contributed by atoms with Crippen molar-refractivity contribution in [3.63, 3.8) is 0 Å². The number of carbonyl (C=O) groups excluding carboxylic acids is 2. The van der Waals surface area contributed by atoms with Crippen LogP contribution in [0.25, 0.3) is 0 Å². The van der Waals surface area contributed by atoms with E-state index in [0.717, 1.165) is 32.1 Å². The van der Waals surface area contributed by atoms with E-state index in [1.54, 1.807) is 0 Å². The molecule has 0 aliphatic rings. The van der Waals surface area contributed by atoms with E-state index in [2.05, 4.69) is 9.47 Å². The van der Waals surface area contributed by atoms with E-state index in [1.165, 1.54) is 14.2 Å². The number of carbonyl (C=O) groups is 2. The van der Waals surface area contributed by atoms with E-state index in [4.69, 9.17) is 0 Å². The number of rotatable bonds is 9. The number of allylic oxidation sites excluding steroid dienone is 1. The molecule has 17 heavy (non-hydrogen) atoms. The van der Waals surface area contributed by atoms with E-state index in [0.29, 0.717) is 12.8 Å². The summed E-state index contributed by atoms with van der Waals surface area (Å²) < 4.78 is 9.06. The Kier molecular flexibility index (Phi) is 10.3. The first-order chi connectivity index (χ1) is 8.20. The zero-order valence-electron chi connectivity index (χ0n) is 10.7. The van der Waals surface area contributed by atoms with Crippen LogP contribution in [0, 0.1) is 0 Å². The van der Waals surface area contributed by atoms with Crippen LogP contribution in [0.3, 0.4) is 0 Å². The molecule has 0 saturated heterocycles. The number of esters is 2. The number of hydrogen-bond donors (Lipinski definition) is 0. The monoisotopic (exact) mass is 242 g/mol. The molecule has 0 radical (unpaired) electrons. The lowest BCUT2D eigenvalue weighted by atomic mass is 10.1. The molecule has 0 aromatic carbocycles. The third-order valence-corrected chi connectivity index (χ3v) is 2.41. The van der Waals surface area contributed by atoms with Crippen molar-refractivity contribution in [2.45, 2.75) is 44.9 Å². The van der Waals surface area contributed by atoms with Gasteiger partial charge in [-0.05, 0) is 19.3 Å². The SMILES string of the molecule is COC(=O)C/C=C/CCCCCCC(=O)OC. The quantitative estimate of drug-likeness (QED) is 0.354. The maximum absolute atomic E-state index is 10.8. The molecule has 0 aliphatic heterocycles. The van der Waals surface area contributed by atoms with Crippen LogP contribution in [0.2, 0.25) is 0 Å². The third-order valence-electron chi connectivity index (χ3n) is 2.41. The van der Waals surface area contributed by atoms with Crippen molar-refractivity contribution in [2.75, 3.05) is 14.2 Å². The first-order valence-corrected chi connectivity index (χ1v) is 5.99. The lowest BCUT2D eigenvalue weighted by Gasteiger charge is -1.99. The van der Waals surface area contributed by atoms with Gasteiger partial charge in [-0.3, -0.25) is 9.59 Å². The molecule has 0 saturated carbocycles. The first-order valence-electron chi connectivity index (χ1n) is 5.99. The fourth-order valence-corrected chi connectivity index (χ4v) is 1.37. The summed E-state index contributed by atoms with van der Waals surface area (Å²) in [4.78, 5) is 21.6. The largest absolute Gasteiger partial charge is 0.469 e.